The van der Waals surface area contributed by atoms with Crippen LogP contribution in [0.4, 0.5) is 0 Å². The Kier molecular flexibility index (Phi) is 28.2. The molecular formula is C11H19BrO4Y2-2. The molecule has 0 spiro atoms. The summed E-state index contributed by atoms with van der Waals surface area (Å²) in [6.07, 6.45) is 0. The van der Waals surface area contributed by atoms with Crippen molar-refractivity contribution in [3.8, 4) is 0 Å². The zero-order chi connectivity index (χ0) is 13.1. The quantitative estimate of drug-likeness (QED) is 0.466. The van der Waals surface area contributed by atoms with Gasteiger partial charge in [0.25, 0.3) is 0 Å². The van der Waals surface area contributed by atoms with E-state index < -0.39 is 0 Å². The van der Waals surface area contributed by atoms with Crippen molar-refractivity contribution in [1.82, 2.24) is 0 Å². The Morgan fingerprint density at radius 1 is 0.944 bits per heavy atom. The summed E-state index contributed by atoms with van der Waals surface area (Å²) in [5.41, 5.74) is 0. The topological polar surface area (TPSA) is 52.6 Å². The summed E-state index contributed by atoms with van der Waals surface area (Å²) in [6, 6.07) is 0. The van der Waals surface area contributed by atoms with Crippen LogP contribution in [0, 0.1) is 10.7 Å². The van der Waals surface area contributed by atoms with Crippen LogP contribution in [0.25, 0.3) is 0 Å². The monoisotopic (exact) mass is 472 g/mol. The normalized spacial score (nSPS) is 7.44. The molecule has 7 heteroatoms. The summed E-state index contributed by atoms with van der Waals surface area (Å²) in [5.74, 6) is 0.215. The second kappa shape index (κ2) is 18.4. The van der Waals surface area contributed by atoms with E-state index in [1.807, 2.05) is 0 Å². The van der Waals surface area contributed by atoms with E-state index >= 15 is 0 Å². The summed E-state index contributed by atoms with van der Waals surface area (Å²) in [4.78, 5) is 21.4. The van der Waals surface area contributed by atoms with Crippen molar-refractivity contribution in [3.05, 3.63) is 10.7 Å². The molecule has 2 radical (unpaired) electrons. The standard InChI is InChI=1S/C6H11O2.C5H8BrO2.2Y/c1-4-8-6(7)5(2)3;1-3-8-5(7)4(2)6;;/h4H2,1-3H3;3H2,1-2H3;;/q2*-1;;. The molecule has 0 bridgehead atoms. The van der Waals surface area contributed by atoms with E-state index in [1.165, 1.54) is 0 Å². The predicted molar refractivity (Wildman–Crippen MR) is 65.7 cm³/mol. The molecular weight excluding hydrogens is 454 g/mol. The molecule has 0 aliphatic heterocycles. The van der Waals surface area contributed by atoms with Crippen LogP contribution in [0.1, 0.15) is 34.6 Å². The molecule has 4 nitrogen and oxygen atoms in total. The third-order valence-corrected chi connectivity index (χ3v) is 1.56. The molecule has 18 heavy (non-hydrogen) atoms. The van der Waals surface area contributed by atoms with E-state index in [-0.39, 0.29) is 77.4 Å². The molecule has 0 N–H and O–H groups in total. The Labute approximate surface area is 169 Å². The number of esters is 2. The Hall–Kier alpha value is 1.37. The number of hydrogen-bond acceptors (Lipinski definition) is 4. The molecule has 0 aliphatic carbocycles. The van der Waals surface area contributed by atoms with Crippen LogP contribution >= 0.6 is 15.9 Å². The molecule has 0 rings (SSSR count). The van der Waals surface area contributed by atoms with Crippen LogP contribution in [0.2, 0.25) is 0 Å². The van der Waals surface area contributed by atoms with Crippen LogP contribution < -0.4 is 0 Å². The van der Waals surface area contributed by atoms with Crippen molar-refractivity contribution in [1.29, 1.82) is 0 Å². The minimum Gasteiger partial charge on any atom is -0.488 e. The maximum atomic E-state index is 10.5. The van der Waals surface area contributed by atoms with Crippen LogP contribution in [-0.4, -0.2) is 25.2 Å². The minimum atomic E-state index is -0.285. The van der Waals surface area contributed by atoms with Gasteiger partial charge >= 0.3 is 0 Å². The first kappa shape index (κ1) is 27.7. The maximum Gasteiger partial charge on any atom is 0.179 e. The van der Waals surface area contributed by atoms with Gasteiger partial charge < -0.3 is 9.47 Å². The largest absolute Gasteiger partial charge is 0.488 e. The molecule has 0 unspecified atom stereocenters. The van der Waals surface area contributed by atoms with Crippen molar-refractivity contribution in [2.45, 2.75) is 34.6 Å². The Morgan fingerprint density at radius 2 is 1.28 bits per heavy atom. The number of carbonyl (C=O) groups excluding carboxylic acids is 2. The van der Waals surface area contributed by atoms with E-state index in [4.69, 9.17) is 0 Å². The first-order valence-electron chi connectivity index (χ1n) is 5.00. The third-order valence-electron chi connectivity index (χ3n) is 1.24. The third kappa shape index (κ3) is 19.7. The van der Waals surface area contributed by atoms with Gasteiger partial charge in [0, 0.05) is 65.4 Å². The van der Waals surface area contributed by atoms with Gasteiger partial charge in [0.1, 0.15) is 0 Å². The predicted octanol–water partition coefficient (Wildman–Crippen LogP) is 2.66. The molecule has 0 aromatic carbocycles. The van der Waals surface area contributed by atoms with Crippen molar-refractivity contribution in [2.24, 2.45) is 0 Å². The van der Waals surface area contributed by atoms with E-state index in [0.717, 1.165) is 0 Å². The van der Waals surface area contributed by atoms with Crippen molar-refractivity contribution >= 4 is 27.9 Å². The summed E-state index contributed by atoms with van der Waals surface area (Å²) >= 11 is 2.98. The fourth-order valence-electron chi connectivity index (χ4n) is 0.506. The Morgan fingerprint density at radius 3 is 1.39 bits per heavy atom. The van der Waals surface area contributed by atoms with Crippen molar-refractivity contribution in [2.75, 3.05) is 13.2 Å². The number of ether oxygens (including phenoxy) is 2. The number of halogens is 1. The smallest absolute Gasteiger partial charge is 0.179 e. The number of hydrogen-bond donors (Lipinski definition) is 0. The van der Waals surface area contributed by atoms with Gasteiger partial charge in [-0.2, -0.15) is 20.8 Å². The van der Waals surface area contributed by atoms with E-state index in [0.29, 0.717) is 24.0 Å². The summed E-state index contributed by atoms with van der Waals surface area (Å²) in [6.45, 7) is 9.58. The van der Waals surface area contributed by atoms with Gasteiger partial charge in [-0.05, 0) is 13.8 Å². The van der Waals surface area contributed by atoms with E-state index in [1.54, 1.807) is 34.6 Å². The van der Waals surface area contributed by atoms with Gasteiger partial charge in [0.15, 0.2) is 11.9 Å². The molecule has 0 saturated heterocycles. The summed E-state index contributed by atoms with van der Waals surface area (Å²) < 4.78 is 9.21. The van der Waals surface area contributed by atoms with Crippen molar-refractivity contribution < 1.29 is 84.5 Å². The minimum absolute atomic E-state index is 0. The average Bonchev–Trinajstić information content (AvgIpc) is 2.19. The second-order valence-corrected chi connectivity index (χ2v) is 4.16. The molecule has 0 fully saturated rings. The first-order valence-corrected chi connectivity index (χ1v) is 5.79. The molecule has 0 atom stereocenters. The average molecular weight is 473 g/mol. The summed E-state index contributed by atoms with van der Waals surface area (Å²) in [7, 11) is 0. The molecule has 0 aromatic rings. The molecule has 102 valence electrons. The fraction of sp³-hybridized carbons (Fsp3) is 0.636. The SMILES string of the molecule is CCOC(=O)[C-](C)Br.CCOC(=O)[C-](C)C.[Y].[Y]. The van der Waals surface area contributed by atoms with Gasteiger partial charge in [-0.1, -0.05) is 0 Å². The number of carbonyl (C=O) groups is 2. The van der Waals surface area contributed by atoms with Crippen LogP contribution in [0.3, 0.4) is 0 Å². The fourth-order valence-corrected chi connectivity index (χ4v) is 0.620. The van der Waals surface area contributed by atoms with E-state index in [2.05, 4.69) is 25.4 Å². The van der Waals surface area contributed by atoms with Gasteiger partial charge in [0.05, 0.1) is 13.2 Å². The van der Waals surface area contributed by atoms with Crippen LogP contribution in [0.5, 0.6) is 0 Å². The van der Waals surface area contributed by atoms with E-state index in [9.17, 15) is 9.59 Å². The molecule has 0 amide bonds. The molecule has 0 heterocycles. The molecule has 0 saturated carbocycles. The van der Waals surface area contributed by atoms with Crippen molar-refractivity contribution in [3.63, 3.8) is 0 Å². The van der Waals surface area contributed by atoms with Crippen LogP contribution in [0.15, 0.2) is 0 Å². The van der Waals surface area contributed by atoms with Gasteiger partial charge in [-0.25, -0.2) is 4.83 Å². The zero-order valence-corrected chi connectivity index (χ0v) is 18.8. The van der Waals surface area contributed by atoms with Crippen LogP contribution in [-0.2, 0) is 84.5 Å². The second-order valence-electron chi connectivity index (χ2n) is 2.97. The zero-order valence-electron chi connectivity index (χ0n) is 11.6. The van der Waals surface area contributed by atoms with Gasteiger partial charge in [0.2, 0.25) is 0 Å². The Balaban J connectivity index is -0.0000000980. The maximum absolute atomic E-state index is 10.5. The number of rotatable bonds is 4. The van der Waals surface area contributed by atoms with Gasteiger partial charge in [-0.15, -0.1) is 0 Å². The van der Waals surface area contributed by atoms with Gasteiger partial charge in [-0.3, -0.25) is 31.4 Å². The molecule has 0 aliphatic rings. The summed E-state index contributed by atoms with van der Waals surface area (Å²) in [5, 5.41) is 0. The Bertz CT molecular complexity index is 189. The molecule has 0 aromatic heterocycles. The first-order chi connectivity index (χ1) is 7.36.